The highest BCUT2D eigenvalue weighted by atomic mass is 35.5. The predicted molar refractivity (Wildman–Crippen MR) is 166 cm³/mol. The van der Waals surface area contributed by atoms with Crippen LogP contribution in [0.2, 0.25) is 5.02 Å². The maximum Gasteiger partial charge on any atom is 0.244 e. The van der Waals surface area contributed by atoms with Crippen molar-refractivity contribution in [1.29, 1.82) is 0 Å². The molecule has 0 aliphatic heterocycles. The van der Waals surface area contributed by atoms with Crippen LogP contribution in [-0.2, 0) is 32.6 Å². The number of hydrogen-bond acceptors (Lipinski definition) is 6. The molecule has 2 amide bonds. The summed E-state index contributed by atoms with van der Waals surface area (Å²) in [5.74, 6) is -0.263. The van der Waals surface area contributed by atoms with Gasteiger partial charge in [0, 0.05) is 30.1 Å². The summed E-state index contributed by atoms with van der Waals surface area (Å²) < 4.78 is 37.8. The number of halogens is 1. The second-order valence-corrected chi connectivity index (χ2v) is 12.3. The molecule has 0 aliphatic carbocycles. The van der Waals surface area contributed by atoms with E-state index in [4.69, 9.17) is 21.1 Å². The molecule has 0 unspecified atom stereocenters. The van der Waals surface area contributed by atoms with E-state index < -0.39 is 28.5 Å². The molecule has 0 radical (unpaired) electrons. The lowest BCUT2D eigenvalue weighted by Crippen LogP contribution is -2.54. The molecular weight excluding hydrogens is 578 g/mol. The Bertz CT molecular complexity index is 1470. The van der Waals surface area contributed by atoms with Gasteiger partial charge in [-0.25, -0.2) is 8.42 Å². The van der Waals surface area contributed by atoms with Crippen molar-refractivity contribution in [2.45, 2.75) is 45.3 Å². The highest BCUT2D eigenvalue weighted by Gasteiger charge is 2.34. The minimum absolute atomic E-state index is 0.0126. The standard InChI is InChI=1S/C31H38ClN3O6S/c1-6-22(2)33-31(37)28(18-23-12-8-7-9-13-23)34(20-24-14-10-11-15-26(24)32)30(36)21-35(42(5,38)39)27-17-16-25(40-3)19-29(27)41-4/h7-17,19,22,28H,6,18,20-21H2,1-5H3,(H,33,37)/t22-,28+/m1/s1. The Hall–Kier alpha value is -3.76. The molecule has 3 aromatic rings. The Morgan fingerprint density at radius 3 is 2.24 bits per heavy atom. The van der Waals surface area contributed by atoms with Gasteiger partial charge in [0.2, 0.25) is 21.8 Å². The molecule has 0 aliphatic rings. The van der Waals surface area contributed by atoms with Crippen LogP contribution in [0.4, 0.5) is 5.69 Å². The quantitative estimate of drug-likeness (QED) is 0.282. The fraction of sp³-hybridized carbons (Fsp3) is 0.355. The summed E-state index contributed by atoms with van der Waals surface area (Å²) in [7, 11) is -1.08. The van der Waals surface area contributed by atoms with E-state index in [1.807, 2.05) is 44.2 Å². The van der Waals surface area contributed by atoms with E-state index in [1.165, 1.54) is 31.3 Å². The molecular formula is C31H38ClN3O6S. The molecule has 0 spiro atoms. The summed E-state index contributed by atoms with van der Waals surface area (Å²) >= 11 is 6.49. The predicted octanol–water partition coefficient (Wildman–Crippen LogP) is 4.68. The molecule has 226 valence electrons. The number of amides is 2. The van der Waals surface area contributed by atoms with Gasteiger partial charge in [-0.15, -0.1) is 0 Å². The molecule has 0 heterocycles. The maximum atomic E-state index is 14.2. The van der Waals surface area contributed by atoms with Crippen LogP contribution in [0.3, 0.4) is 0 Å². The average molecular weight is 616 g/mol. The number of sulfonamides is 1. The number of benzene rings is 3. The largest absolute Gasteiger partial charge is 0.497 e. The summed E-state index contributed by atoms with van der Waals surface area (Å²) in [6, 6.07) is 20.0. The van der Waals surface area contributed by atoms with Gasteiger partial charge in [0.1, 0.15) is 24.1 Å². The number of rotatable bonds is 14. The van der Waals surface area contributed by atoms with Crippen molar-refractivity contribution in [3.63, 3.8) is 0 Å². The van der Waals surface area contributed by atoms with Crippen LogP contribution in [0.5, 0.6) is 11.5 Å². The molecule has 3 aromatic carbocycles. The minimum Gasteiger partial charge on any atom is -0.497 e. The topological polar surface area (TPSA) is 105 Å². The van der Waals surface area contributed by atoms with Crippen molar-refractivity contribution in [1.82, 2.24) is 10.2 Å². The molecule has 3 rings (SSSR count). The van der Waals surface area contributed by atoms with Crippen molar-refractivity contribution in [3.8, 4) is 11.5 Å². The van der Waals surface area contributed by atoms with Crippen molar-refractivity contribution in [2.75, 3.05) is 31.3 Å². The summed E-state index contributed by atoms with van der Waals surface area (Å²) in [5, 5.41) is 3.42. The molecule has 0 fully saturated rings. The van der Waals surface area contributed by atoms with E-state index in [1.54, 1.807) is 30.3 Å². The van der Waals surface area contributed by atoms with Gasteiger partial charge in [0.25, 0.3) is 0 Å². The summed E-state index contributed by atoms with van der Waals surface area (Å²) in [5.41, 5.74) is 1.63. The van der Waals surface area contributed by atoms with Crippen LogP contribution in [0.15, 0.2) is 72.8 Å². The number of nitrogens with one attached hydrogen (secondary N) is 1. The Morgan fingerprint density at radius 2 is 1.64 bits per heavy atom. The third kappa shape index (κ3) is 8.62. The molecule has 2 atom stereocenters. The lowest BCUT2D eigenvalue weighted by Gasteiger charge is -2.34. The summed E-state index contributed by atoms with van der Waals surface area (Å²) in [4.78, 5) is 29.4. The van der Waals surface area contributed by atoms with Gasteiger partial charge in [0.15, 0.2) is 0 Å². The van der Waals surface area contributed by atoms with E-state index in [9.17, 15) is 18.0 Å². The normalized spacial score (nSPS) is 12.6. The third-order valence-corrected chi connectivity index (χ3v) is 8.40. The molecule has 0 bridgehead atoms. The number of ether oxygens (including phenoxy) is 2. The highest BCUT2D eigenvalue weighted by Crippen LogP contribution is 2.34. The Balaban J connectivity index is 2.11. The van der Waals surface area contributed by atoms with Crippen molar-refractivity contribution < 1.29 is 27.5 Å². The van der Waals surface area contributed by atoms with Crippen LogP contribution in [0, 0.1) is 0 Å². The van der Waals surface area contributed by atoms with Gasteiger partial charge in [-0.3, -0.25) is 13.9 Å². The smallest absolute Gasteiger partial charge is 0.244 e. The molecule has 1 N–H and O–H groups in total. The van der Waals surface area contributed by atoms with Gasteiger partial charge in [-0.1, -0.05) is 67.1 Å². The molecule has 0 saturated carbocycles. The van der Waals surface area contributed by atoms with Crippen molar-refractivity contribution in [3.05, 3.63) is 88.9 Å². The van der Waals surface area contributed by atoms with Gasteiger partial charge in [-0.2, -0.15) is 0 Å². The maximum absolute atomic E-state index is 14.2. The Kier molecular flexibility index (Phi) is 11.6. The van der Waals surface area contributed by atoms with Crippen molar-refractivity contribution >= 4 is 39.1 Å². The number of methoxy groups -OCH3 is 2. The van der Waals surface area contributed by atoms with E-state index in [0.29, 0.717) is 22.8 Å². The first-order chi connectivity index (χ1) is 20.0. The second-order valence-electron chi connectivity index (χ2n) is 9.94. The first-order valence-electron chi connectivity index (χ1n) is 13.5. The van der Waals surface area contributed by atoms with E-state index >= 15 is 0 Å². The third-order valence-electron chi connectivity index (χ3n) is 6.91. The van der Waals surface area contributed by atoms with E-state index in [-0.39, 0.29) is 36.4 Å². The fourth-order valence-electron chi connectivity index (χ4n) is 4.39. The lowest BCUT2D eigenvalue weighted by atomic mass is 10.0. The zero-order valence-electron chi connectivity index (χ0n) is 24.5. The lowest BCUT2D eigenvalue weighted by molar-refractivity contribution is -0.140. The first kappa shape index (κ1) is 32.8. The Morgan fingerprint density at radius 1 is 0.976 bits per heavy atom. The zero-order chi connectivity index (χ0) is 30.9. The van der Waals surface area contributed by atoms with Gasteiger partial charge >= 0.3 is 0 Å². The second kappa shape index (κ2) is 14.9. The number of anilines is 1. The highest BCUT2D eigenvalue weighted by molar-refractivity contribution is 7.92. The SMILES string of the molecule is CC[C@@H](C)NC(=O)[C@H](Cc1ccccc1)N(Cc1ccccc1Cl)C(=O)CN(c1ccc(OC)cc1OC)S(C)(=O)=O. The Labute approximate surface area is 253 Å². The first-order valence-corrected chi connectivity index (χ1v) is 15.8. The molecule has 11 heteroatoms. The number of carbonyl (C=O) groups excluding carboxylic acids is 2. The zero-order valence-corrected chi connectivity index (χ0v) is 26.1. The van der Waals surface area contributed by atoms with Crippen molar-refractivity contribution in [2.24, 2.45) is 0 Å². The van der Waals surface area contributed by atoms with Crippen LogP contribution < -0.4 is 19.1 Å². The molecule has 9 nitrogen and oxygen atoms in total. The van der Waals surface area contributed by atoms with Crippen LogP contribution in [0.25, 0.3) is 0 Å². The van der Waals surface area contributed by atoms with Gasteiger partial charge in [-0.05, 0) is 42.7 Å². The van der Waals surface area contributed by atoms with E-state index in [0.717, 1.165) is 16.1 Å². The number of hydrogen-bond donors (Lipinski definition) is 1. The minimum atomic E-state index is -3.97. The molecule has 0 saturated heterocycles. The number of nitrogens with zero attached hydrogens (tertiary/aromatic N) is 2. The molecule has 0 aromatic heterocycles. The fourth-order valence-corrected chi connectivity index (χ4v) is 5.44. The summed E-state index contributed by atoms with van der Waals surface area (Å²) in [6.07, 6.45) is 1.92. The van der Waals surface area contributed by atoms with Crippen LogP contribution in [0.1, 0.15) is 31.4 Å². The van der Waals surface area contributed by atoms with E-state index in [2.05, 4.69) is 5.32 Å². The van der Waals surface area contributed by atoms with Gasteiger partial charge < -0.3 is 19.7 Å². The summed E-state index contributed by atoms with van der Waals surface area (Å²) in [6.45, 7) is 3.25. The van der Waals surface area contributed by atoms with Crippen LogP contribution >= 0.6 is 11.6 Å². The number of carbonyl (C=O) groups is 2. The molecule has 42 heavy (non-hydrogen) atoms. The van der Waals surface area contributed by atoms with Gasteiger partial charge in [0.05, 0.1) is 26.2 Å². The van der Waals surface area contributed by atoms with Crippen LogP contribution in [-0.4, -0.2) is 64.2 Å². The average Bonchev–Trinajstić information content (AvgIpc) is 2.97. The monoisotopic (exact) mass is 615 g/mol.